The van der Waals surface area contributed by atoms with E-state index in [-0.39, 0.29) is 16.9 Å². The fraction of sp³-hybridized carbons (Fsp3) is 0.148. The molecular weight excluding hydrogens is 476 g/mol. The van der Waals surface area contributed by atoms with Gasteiger partial charge >= 0.3 is 5.97 Å². The van der Waals surface area contributed by atoms with Gasteiger partial charge in [-0.1, -0.05) is 49.0 Å². The molecule has 0 unspecified atom stereocenters. The van der Waals surface area contributed by atoms with E-state index in [1.165, 1.54) is 31.0 Å². The highest BCUT2D eigenvalue weighted by molar-refractivity contribution is 7.98. The van der Waals surface area contributed by atoms with Crippen molar-refractivity contribution in [2.24, 2.45) is 0 Å². The number of hydrogen-bond donors (Lipinski definition) is 1. The van der Waals surface area contributed by atoms with Crippen molar-refractivity contribution in [3.63, 3.8) is 0 Å². The minimum absolute atomic E-state index is 0.160. The molecule has 2 aromatic heterocycles. The molecule has 0 aliphatic heterocycles. The van der Waals surface area contributed by atoms with Crippen LogP contribution in [0, 0.1) is 0 Å². The Hall–Kier alpha value is -4.24. The Morgan fingerprint density at radius 1 is 0.972 bits per heavy atom. The van der Waals surface area contributed by atoms with Crippen LogP contribution >= 0.6 is 11.8 Å². The van der Waals surface area contributed by atoms with Crippen LogP contribution in [-0.4, -0.2) is 32.6 Å². The van der Waals surface area contributed by atoms with Gasteiger partial charge in [0.25, 0.3) is 11.1 Å². The molecule has 0 aliphatic rings. The Labute approximate surface area is 210 Å². The predicted molar refractivity (Wildman–Crippen MR) is 140 cm³/mol. The first-order chi connectivity index (χ1) is 17.5. The summed E-state index contributed by atoms with van der Waals surface area (Å²) >= 11 is 1.30. The van der Waals surface area contributed by atoms with Gasteiger partial charge < -0.3 is 9.72 Å². The molecule has 8 nitrogen and oxygen atoms in total. The number of hydrogen-bond acceptors (Lipinski definition) is 7. The Morgan fingerprint density at radius 3 is 2.56 bits per heavy atom. The molecule has 0 atom stereocenters. The van der Waals surface area contributed by atoms with Crippen molar-refractivity contribution in [1.29, 1.82) is 0 Å². The highest BCUT2D eigenvalue weighted by Crippen LogP contribution is 2.26. The van der Waals surface area contributed by atoms with Gasteiger partial charge in [0, 0.05) is 0 Å². The van der Waals surface area contributed by atoms with E-state index in [0.717, 1.165) is 17.7 Å². The molecule has 3 aromatic carbocycles. The van der Waals surface area contributed by atoms with Gasteiger partial charge in [-0.25, -0.2) is 14.8 Å². The number of thioether (sulfide) groups is 1. The van der Waals surface area contributed by atoms with Crippen LogP contribution in [0.4, 0.5) is 0 Å². The molecular formula is C27H22N4O4S. The Bertz CT molecular complexity index is 1740. The maximum absolute atomic E-state index is 13.6. The molecule has 0 bridgehead atoms. The van der Waals surface area contributed by atoms with Gasteiger partial charge in [-0.3, -0.25) is 14.2 Å². The van der Waals surface area contributed by atoms with E-state index in [1.807, 2.05) is 43.3 Å². The first-order valence-corrected chi connectivity index (χ1v) is 12.3. The van der Waals surface area contributed by atoms with Crippen molar-refractivity contribution >= 4 is 39.5 Å². The van der Waals surface area contributed by atoms with E-state index in [2.05, 4.69) is 9.97 Å². The van der Waals surface area contributed by atoms with Crippen LogP contribution in [-0.2, 0) is 16.9 Å². The maximum atomic E-state index is 13.6. The molecule has 9 heteroatoms. The number of carbonyl (C=O) groups is 1. The number of ether oxygens (including phenoxy) is 1. The van der Waals surface area contributed by atoms with Gasteiger partial charge in [0.1, 0.15) is 5.82 Å². The van der Waals surface area contributed by atoms with Crippen LogP contribution in [0.25, 0.3) is 27.5 Å². The smallest absolute Gasteiger partial charge is 0.337 e. The second kappa shape index (κ2) is 9.79. The number of H-pyrrole nitrogens is 1. The Kier molecular flexibility index (Phi) is 6.39. The third-order valence-electron chi connectivity index (χ3n) is 5.87. The third-order valence-corrected chi connectivity index (χ3v) is 6.82. The molecule has 5 rings (SSSR count). The van der Waals surface area contributed by atoms with Crippen LogP contribution in [0.1, 0.15) is 28.7 Å². The lowest BCUT2D eigenvalue weighted by atomic mass is 10.1. The molecule has 0 saturated heterocycles. The minimum atomic E-state index is -0.506. The van der Waals surface area contributed by atoms with E-state index in [9.17, 15) is 14.4 Å². The molecule has 0 fully saturated rings. The number of aromatic amines is 1. The molecule has 5 aromatic rings. The van der Waals surface area contributed by atoms with Gasteiger partial charge in [-0.2, -0.15) is 0 Å². The molecule has 0 amide bonds. The number of methoxy groups -OCH3 is 1. The quantitative estimate of drug-likeness (QED) is 0.212. The zero-order valence-corrected chi connectivity index (χ0v) is 20.5. The van der Waals surface area contributed by atoms with Gasteiger partial charge in [0.15, 0.2) is 5.16 Å². The average molecular weight is 499 g/mol. The molecule has 2 heterocycles. The summed E-state index contributed by atoms with van der Waals surface area (Å²) in [5.74, 6) is 0.151. The van der Waals surface area contributed by atoms with Crippen molar-refractivity contribution in [3.05, 3.63) is 104 Å². The zero-order chi connectivity index (χ0) is 25.2. The van der Waals surface area contributed by atoms with E-state index < -0.39 is 5.97 Å². The van der Waals surface area contributed by atoms with Crippen LogP contribution in [0.2, 0.25) is 0 Å². The van der Waals surface area contributed by atoms with Crippen LogP contribution < -0.4 is 11.1 Å². The van der Waals surface area contributed by atoms with Gasteiger partial charge in [-0.05, 0) is 48.4 Å². The van der Waals surface area contributed by atoms with Crippen molar-refractivity contribution in [1.82, 2.24) is 19.5 Å². The number of nitrogens with zero attached hydrogens (tertiary/aromatic N) is 3. The summed E-state index contributed by atoms with van der Waals surface area (Å²) in [4.78, 5) is 50.3. The lowest BCUT2D eigenvalue weighted by Gasteiger charge is -2.16. The molecule has 0 saturated carbocycles. The summed E-state index contributed by atoms with van der Waals surface area (Å²) in [5, 5.41) is 1.39. The van der Waals surface area contributed by atoms with E-state index in [4.69, 9.17) is 9.72 Å². The number of rotatable bonds is 6. The van der Waals surface area contributed by atoms with Gasteiger partial charge in [0.2, 0.25) is 0 Å². The summed E-state index contributed by atoms with van der Waals surface area (Å²) in [7, 11) is 1.30. The summed E-state index contributed by atoms with van der Waals surface area (Å²) in [6.07, 6.45) is 0.752. The molecule has 0 spiro atoms. The van der Waals surface area contributed by atoms with Crippen LogP contribution in [0.5, 0.6) is 0 Å². The first-order valence-electron chi connectivity index (χ1n) is 11.3. The standard InChI is InChI=1S/C27H22N4O4S/c1-3-16-8-4-7-11-22(16)31-25(33)19-9-5-6-10-20(19)29-27(31)36-15-23-28-21-14-17(26(34)35-2)12-13-18(21)24(32)30-23/h4-14H,3,15H2,1-2H3,(H,28,30,32). The first kappa shape index (κ1) is 23.5. The second-order valence-corrected chi connectivity index (χ2v) is 9.00. The number of fused-ring (bicyclic) bond motifs is 2. The Morgan fingerprint density at radius 2 is 1.75 bits per heavy atom. The number of carbonyl (C=O) groups excluding carboxylic acids is 1. The predicted octanol–water partition coefficient (Wildman–Crippen LogP) is 4.26. The van der Waals surface area contributed by atoms with Crippen molar-refractivity contribution in [2.45, 2.75) is 24.3 Å². The normalized spacial score (nSPS) is 11.2. The minimum Gasteiger partial charge on any atom is -0.465 e. The summed E-state index contributed by atoms with van der Waals surface area (Å²) in [5.41, 5.74) is 2.61. The number of aryl methyl sites for hydroxylation is 1. The number of esters is 1. The topological polar surface area (TPSA) is 107 Å². The lowest BCUT2D eigenvalue weighted by Crippen LogP contribution is -2.23. The zero-order valence-electron chi connectivity index (χ0n) is 19.6. The summed E-state index contributed by atoms with van der Waals surface area (Å²) in [6, 6.07) is 19.6. The molecule has 0 radical (unpaired) electrons. The van der Waals surface area contributed by atoms with Crippen LogP contribution in [0.3, 0.4) is 0 Å². The summed E-state index contributed by atoms with van der Waals surface area (Å²) in [6.45, 7) is 2.04. The summed E-state index contributed by atoms with van der Waals surface area (Å²) < 4.78 is 6.40. The van der Waals surface area contributed by atoms with Gasteiger partial charge in [-0.15, -0.1) is 0 Å². The second-order valence-electron chi connectivity index (χ2n) is 8.06. The molecule has 1 N–H and O–H groups in total. The number of benzene rings is 3. The SMILES string of the molecule is CCc1ccccc1-n1c(SCc2nc3cc(C(=O)OC)ccc3c(=O)[nH]2)nc2ccccc2c1=O. The van der Waals surface area contributed by atoms with Crippen LogP contribution in [0.15, 0.2) is 81.5 Å². The average Bonchev–Trinajstić information content (AvgIpc) is 2.91. The monoisotopic (exact) mass is 498 g/mol. The molecule has 0 aliphatic carbocycles. The van der Waals surface area contributed by atoms with Crippen molar-refractivity contribution in [2.75, 3.05) is 7.11 Å². The van der Waals surface area contributed by atoms with E-state index in [1.54, 1.807) is 22.8 Å². The number of para-hydroxylation sites is 2. The van der Waals surface area contributed by atoms with Gasteiger partial charge in [0.05, 0.1) is 45.9 Å². The fourth-order valence-electron chi connectivity index (χ4n) is 4.08. The van der Waals surface area contributed by atoms with E-state index >= 15 is 0 Å². The Balaban J connectivity index is 1.60. The molecule has 180 valence electrons. The number of aromatic nitrogens is 4. The maximum Gasteiger partial charge on any atom is 0.337 e. The fourth-order valence-corrected chi connectivity index (χ4v) is 4.96. The van der Waals surface area contributed by atoms with Crippen molar-refractivity contribution < 1.29 is 9.53 Å². The highest BCUT2D eigenvalue weighted by Gasteiger charge is 2.16. The third kappa shape index (κ3) is 4.29. The lowest BCUT2D eigenvalue weighted by molar-refractivity contribution is 0.0601. The highest BCUT2D eigenvalue weighted by atomic mass is 32.2. The largest absolute Gasteiger partial charge is 0.465 e. The van der Waals surface area contributed by atoms with Crippen molar-refractivity contribution in [3.8, 4) is 5.69 Å². The number of nitrogens with one attached hydrogen (secondary N) is 1. The molecule has 36 heavy (non-hydrogen) atoms. The van der Waals surface area contributed by atoms with E-state index in [0.29, 0.717) is 38.4 Å².